The van der Waals surface area contributed by atoms with Gasteiger partial charge in [0.1, 0.15) is 11.4 Å². The molecule has 1 N–H and O–H groups in total. The maximum atomic E-state index is 13.2. The van der Waals surface area contributed by atoms with Crippen molar-refractivity contribution >= 4 is 17.2 Å². The molecule has 4 rings (SSSR count). The lowest BCUT2D eigenvalue weighted by Crippen LogP contribution is -2.28. The second-order valence-electron chi connectivity index (χ2n) is 7.20. The lowest BCUT2D eigenvalue weighted by molar-refractivity contribution is 0.0932. The molecular formula is C24H23N3OS. The summed E-state index contributed by atoms with van der Waals surface area (Å²) in [6, 6.07) is 22.0. The Morgan fingerprint density at radius 1 is 1.03 bits per heavy atom. The second kappa shape index (κ2) is 8.05. The van der Waals surface area contributed by atoms with Crippen LogP contribution < -0.4 is 5.32 Å². The third-order valence-electron chi connectivity index (χ3n) is 4.96. The summed E-state index contributed by atoms with van der Waals surface area (Å²) in [5.74, 6) is -0.141. The Kier molecular flexibility index (Phi) is 5.32. The third-order valence-corrected chi connectivity index (χ3v) is 5.85. The summed E-state index contributed by atoms with van der Waals surface area (Å²) < 4.78 is 1.77. The van der Waals surface area contributed by atoms with E-state index in [9.17, 15) is 4.79 Å². The van der Waals surface area contributed by atoms with E-state index in [1.54, 1.807) is 16.0 Å². The number of nitrogens with one attached hydrogen (secondary N) is 1. The summed E-state index contributed by atoms with van der Waals surface area (Å²) in [5, 5.41) is 9.93. The molecule has 0 radical (unpaired) electrons. The number of rotatable bonds is 5. The van der Waals surface area contributed by atoms with Gasteiger partial charge in [-0.2, -0.15) is 5.10 Å². The zero-order valence-corrected chi connectivity index (χ0v) is 17.5. The van der Waals surface area contributed by atoms with Gasteiger partial charge in [-0.15, -0.1) is 11.3 Å². The molecule has 0 aliphatic carbocycles. The Morgan fingerprint density at radius 3 is 2.55 bits per heavy atom. The number of thiophene rings is 1. The Bertz CT molecular complexity index is 1130. The van der Waals surface area contributed by atoms with E-state index >= 15 is 0 Å². The van der Waals surface area contributed by atoms with E-state index in [2.05, 4.69) is 23.5 Å². The van der Waals surface area contributed by atoms with E-state index in [-0.39, 0.29) is 11.9 Å². The first kappa shape index (κ1) is 19.2. The highest BCUT2D eigenvalue weighted by atomic mass is 32.1. The Labute approximate surface area is 174 Å². The molecule has 4 aromatic rings. The summed E-state index contributed by atoms with van der Waals surface area (Å²) >= 11 is 1.62. The molecule has 0 saturated carbocycles. The van der Waals surface area contributed by atoms with Crippen molar-refractivity contribution in [3.63, 3.8) is 0 Å². The standard InChI is InChI=1S/C24H23N3OS/c1-16-11-12-17(2)21(14-16)27-22(15-20(26-27)23-10-7-13-29-23)24(28)25-18(3)19-8-5-4-6-9-19/h4-15,18H,1-3H3,(H,25,28)/t18-/m1/s1. The van der Waals surface area contributed by atoms with Crippen molar-refractivity contribution in [1.82, 2.24) is 15.1 Å². The number of benzene rings is 2. The molecule has 0 aliphatic rings. The van der Waals surface area contributed by atoms with Gasteiger partial charge < -0.3 is 5.32 Å². The molecule has 0 saturated heterocycles. The van der Waals surface area contributed by atoms with E-state index in [4.69, 9.17) is 5.10 Å². The molecule has 5 heteroatoms. The van der Waals surface area contributed by atoms with E-state index in [0.29, 0.717) is 5.69 Å². The number of amides is 1. The van der Waals surface area contributed by atoms with Gasteiger partial charge in [-0.25, -0.2) is 4.68 Å². The van der Waals surface area contributed by atoms with Crippen LogP contribution in [0.25, 0.3) is 16.3 Å². The number of carbonyl (C=O) groups excluding carboxylic acids is 1. The fourth-order valence-corrected chi connectivity index (χ4v) is 4.00. The monoisotopic (exact) mass is 401 g/mol. The van der Waals surface area contributed by atoms with Gasteiger partial charge in [0.25, 0.3) is 5.91 Å². The molecule has 2 aromatic carbocycles. The predicted octanol–water partition coefficient (Wildman–Crippen LogP) is 5.71. The van der Waals surface area contributed by atoms with Crippen LogP contribution >= 0.6 is 11.3 Å². The zero-order valence-electron chi connectivity index (χ0n) is 16.7. The van der Waals surface area contributed by atoms with E-state index in [0.717, 1.165) is 32.9 Å². The molecule has 0 aliphatic heterocycles. The molecule has 29 heavy (non-hydrogen) atoms. The van der Waals surface area contributed by atoms with Crippen LogP contribution in [0.4, 0.5) is 0 Å². The van der Waals surface area contributed by atoms with Gasteiger partial charge in [0, 0.05) is 0 Å². The van der Waals surface area contributed by atoms with Gasteiger partial charge in [-0.1, -0.05) is 48.5 Å². The SMILES string of the molecule is Cc1ccc(C)c(-n2nc(-c3cccs3)cc2C(=O)N[C@H](C)c2ccccc2)c1. The highest BCUT2D eigenvalue weighted by Crippen LogP contribution is 2.27. The topological polar surface area (TPSA) is 46.9 Å². The number of hydrogen-bond donors (Lipinski definition) is 1. The van der Waals surface area contributed by atoms with Crippen LogP contribution in [0.1, 0.15) is 40.1 Å². The minimum absolute atomic E-state index is 0.101. The van der Waals surface area contributed by atoms with Crippen molar-refractivity contribution in [1.29, 1.82) is 0 Å². The first-order chi connectivity index (χ1) is 14.0. The highest BCUT2D eigenvalue weighted by molar-refractivity contribution is 7.13. The van der Waals surface area contributed by atoms with Gasteiger partial charge >= 0.3 is 0 Å². The Balaban J connectivity index is 1.75. The van der Waals surface area contributed by atoms with E-state index < -0.39 is 0 Å². The molecule has 0 fully saturated rings. The fraction of sp³-hybridized carbons (Fsp3) is 0.167. The summed E-state index contributed by atoms with van der Waals surface area (Å²) in [5.41, 5.74) is 5.52. The van der Waals surface area contributed by atoms with Crippen molar-refractivity contribution in [2.45, 2.75) is 26.8 Å². The van der Waals surface area contributed by atoms with Crippen molar-refractivity contribution in [2.75, 3.05) is 0 Å². The summed E-state index contributed by atoms with van der Waals surface area (Å²) in [7, 11) is 0. The van der Waals surface area contributed by atoms with Crippen molar-refractivity contribution in [3.8, 4) is 16.3 Å². The summed E-state index contributed by atoms with van der Waals surface area (Å²) in [6.07, 6.45) is 0. The normalized spacial score (nSPS) is 12.0. The average Bonchev–Trinajstić information content (AvgIpc) is 3.40. The van der Waals surface area contributed by atoms with Crippen molar-refractivity contribution in [2.24, 2.45) is 0 Å². The van der Waals surface area contributed by atoms with Crippen LogP contribution in [0.5, 0.6) is 0 Å². The molecule has 4 nitrogen and oxygen atoms in total. The van der Waals surface area contributed by atoms with Crippen LogP contribution in [-0.4, -0.2) is 15.7 Å². The van der Waals surface area contributed by atoms with Crippen molar-refractivity contribution in [3.05, 3.63) is 94.5 Å². The quantitative estimate of drug-likeness (QED) is 0.466. The van der Waals surface area contributed by atoms with Gasteiger partial charge in [-0.05, 0) is 61.0 Å². The fourth-order valence-electron chi connectivity index (χ4n) is 3.31. The van der Waals surface area contributed by atoms with Crippen LogP contribution in [0, 0.1) is 13.8 Å². The molecule has 0 unspecified atom stereocenters. The molecule has 2 aromatic heterocycles. The third kappa shape index (κ3) is 4.00. The lowest BCUT2D eigenvalue weighted by atomic mass is 10.1. The molecule has 0 spiro atoms. The second-order valence-corrected chi connectivity index (χ2v) is 8.15. The van der Waals surface area contributed by atoms with Crippen LogP contribution in [0.15, 0.2) is 72.1 Å². The summed E-state index contributed by atoms with van der Waals surface area (Å²) in [6.45, 7) is 6.07. The molecular weight excluding hydrogens is 378 g/mol. The van der Waals surface area contributed by atoms with Crippen LogP contribution in [-0.2, 0) is 0 Å². The minimum atomic E-state index is -0.141. The molecule has 2 heterocycles. The van der Waals surface area contributed by atoms with E-state index in [1.807, 2.05) is 74.7 Å². The van der Waals surface area contributed by atoms with Gasteiger partial charge in [-0.3, -0.25) is 4.79 Å². The molecule has 146 valence electrons. The van der Waals surface area contributed by atoms with Crippen LogP contribution in [0.2, 0.25) is 0 Å². The largest absolute Gasteiger partial charge is 0.344 e. The number of aromatic nitrogens is 2. The van der Waals surface area contributed by atoms with Gasteiger partial charge in [0.05, 0.1) is 16.6 Å². The van der Waals surface area contributed by atoms with Gasteiger partial charge in [0.15, 0.2) is 0 Å². The smallest absolute Gasteiger partial charge is 0.270 e. The number of aryl methyl sites for hydroxylation is 2. The molecule has 1 amide bonds. The average molecular weight is 402 g/mol. The Morgan fingerprint density at radius 2 is 1.83 bits per heavy atom. The Hall–Kier alpha value is -3.18. The lowest BCUT2D eigenvalue weighted by Gasteiger charge is -2.16. The minimum Gasteiger partial charge on any atom is -0.344 e. The number of hydrogen-bond acceptors (Lipinski definition) is 3. The predicted molar refractivity (Wildman–Crippen MR) is 119 cm³/mol. The van der Waals surface area contributed by atoms with E-state index in [1.165, 1.54) is 0 Å². The highest BCUT2D eigenvalue weighted by Gasteiger charge is 2.21. The van der Waals surface area contributed by atoms with Crippen LogP contribution in [0.3, 0.4) is 0 Å². The summed E-state index contributed by atoms with van der Waals surface area (Å²) in [4.78, 5) is 14.3. The molecule has 0 bridgehead atoms. The van der Waals surface area contributed by atoms with Gasteiger partial charge in [0.2, 0.25) is 0 Å². The molecule has 1 atom stereocenters. The first-order valence-corrected chi connectivity index (χ1v) is 10.5. The first-order valence-electron chi connectivity index (χ1n) is 9.60. The number of nitrogens with zero attached hydrogens (tertiary/aromatic N) is 2. The maximum absolute atomic E-state index is 13.2. The number of carbonyl (C=O) groups is 1. The van der Waals surface area contributed by atoms with Crippen molar-refractivity contribution < 1.29 is 4.79 Å². The zero-order chi connectivity index (χ0) is 20.4. The maximum Gasteiger partial charge on any atom is 0.270 e.